The van der Waals surface area contributed by atoms with Crippen molar-refractivity contribution in [2.45, 2.75) is 19.4 Å². The van der Waals surface area contributed by atoms with Gasteiger partial charge >= 0.3 is 0 Å². The molecule has 0 aliphatic heterocycles. The summed E-state index contributed by atoms with van der Waals surface area (Å²) in [5, 5.41) is 6.42. The highest BCUT2D eigenvalue weighted by Crippen LogP contribution is 2.21. The third-order valence-corrected chi connectivity index (χ3v) is 4.41. The van der Waals surface area contributed by atoms with Crippen molar-refractivity contribution in [1.29, 1.82) is 0 Å². The second-order valence-corrected chi connectivity index (χ2v) is 6.19. The standard InChI is InChI=1S/C23H24N2O/c1-2-18-11-9-10-16-21(18)24-17-22(26)25-23(19-12-5-3-6-13-19)20-14-7-4-8-15-20/h3-16,23-24H,2,17H2,1H3,(H,25,26). The van der Waals surface area contributed by atoms with Crippen LogP contribution in [0.5, 0.6) is 0 Å². The fourth-order valence-corrected chi connectivity index (χ4v) is 3.04. The molecule has 0 spiro atoms. The molecule has 0 unspecified atom stereocenters. The Morgan fingerprint density at radius 3 is 1.92 bits per heavy atom. The van der Waals surface area contributed by atoms with Crippen LogP contribution in [0, 0.1) is 0 Å². The Morgan fingerprint density at radius 1 is 0.808 bits per heavy atom. The summed E-state index contributed by atoms with van der Waals surface area (Å²) >= 11 is 0. The normalized spacial score (nSPS) is 10.5. The molecule has 0 heterocycles. The van der Waals surface area contributed by atoms with Gasteiger partial charge in [0.05, 0.1) is 12.6 Å². The van der Waals surface area contributed by atoms with E-state index in [1.165, 1.54) is 5.56 Å². The molecule has 0 radical (unpaired) electrons. The number of para-hydroxylation sites is 1. The summed E-state index contributed by atoms with van der Waals surface area (Å²) in [6.45, 7) is 2.36. The van der Waals surface area contributed by atoms with E-state index in [0.29, 0.717) is 0 Å². The van der Waals surface area contributed by atoms with E-state index >= 15 is 0 Å². The van der Waals surface area contributed by atoms with Crippen LogP contribution in [0.1, 0.15) is 29.7 Å². The molecular weight excluding hydrogens is 320 g/mol. The minimum absolute atomic E-state index is 0.0337. The Labute approximate surface area is 155 Å². The Morgan fingerprint density at radius 2 is 1.35 bits per heavy atom. The number of benzene rings is 3. The van der Waals surface area contributed by atoms with E-state index in [1.54, 1.807) is 0 Å². The lowest BCUT2D eigenvalue weighted by Crippen LogP contribution is -2.34. The molecule has 0 atom stereocenters. The molecule has 0 fully saturated rings. The van der Waals surface area contributed by atoms with Crippen LogP contribution in [0.4, 0.5) is 5.69 Å². The van der Waals surface area contributed by atoms with E-state index in [0.717, 1.165) is 23.2 Å². The van der Waals surface area contributed by atoms with Crippen molar-refractivity contribution in [3.8, 4) is 0 Å². The van der Waals surface area contributed by atoms with E-state index in [1.807, 2.05) is 78.9 Å². The molecule has 0 saturated carbocycles. The van der Waals surface area contributed by atoms with Gasteiger partial charge in [-0.25, -0.2) is 0 Å². The number of rotatable bonds is 7. The molecule has 3 aromatic rings. The van der Waals surface area contributed by atoms with Crippen molar-refractivity contribution >= 4 is 11.6 Å². The number of aryl methyl sites for hydroxylation is 1. The quantitative estimate of drug-likeness (QED) is 0.659. The number of nitrogens with one attached hydrogen (secondary N) is 2. The molecule has 2 N–H and O–H groups in total. The highest BCUT2D eigenvalue weighted by Gasteiger charge is 2.16. The van der Waals surface area contributed by atoms with Gasteiger partial charge in [0.15, 0.2) is 0 Å². The molecule has 3 heteroatoms. The number of anilines is 1. The molecule has 3 aromatic carbocycles. The lowest BCUT2D eigenvalue weighted by atomic mass is 9.99. The van der Waals surface area contributed by atoms with Crippen molar-refractivity contribution in [2.24, 2.45) is 0 Å². The Balaban J connectivity index is 1.72. The molecule has 0 bridgehead atoms. The van der Waals surface area contributed by atoms with Gasteiger partial charge in [-0.15, -0.1) is 0 Å². The van der Waals surface area contributed by atoms with Crippen LogP contribution in [-0.4, -0.2) is 12.5 Å². The van der Waals surface area contributed by atoms with E-state index in [2.05, 4.69) is 23.6 Å². The van der Waals surface area contributed by atoms with Crippen molar-refractivity contribution in [3.63, 3.8) is 0 Å². The van der Waals surface area contributed by atoms with Crippen molar-refractivity contribution in [1.82, 2.24) is 5.32 Å². The summed E-state index contributed by atoms with van der Waals surface area (Å²) in [5.41, 5.74) is 4.37. The van der Waals surface area contributed by atoms with E-state index in [9.17, 15) is 4.79 Å². The highest BCUT2D eigenvalue weighted by atomic mass is 16.1. The molecule has 3 rings (SSSR count). The van der Waals surface area contributed by atoms with E-state index in [4.69, 9.17) is 0 Å². The highest BCUT2D eigenvalue weighted by molar-refractivity contribution is 5.81. The van der Waals surface area contributed by atoms with Gasteiger partial charge in [0, 0.05) is 5.69 Å². The van der Waals surface area contributed by atoms with Gasteiger partial charge in [0.2, 0.25) is 5.91 Å². The van der Waals surface area contributed by atoms with Gasteiger partial charge in [0.1, 0.15) is 0 Å². The number of carbonyl (C=O) groups is 1. The van der Waals surface area contributed by atoms with Gasteiger partial charge in [-0.2, -0.15) is 0 Å². The molecule has 0 aromatic heterocycles. The van der Waals surface area contributed by atoms with Crippen molar-refractivity contribution in [3.05, 3.63) is 102 Å². The summed E-state index contributed by atoms with van der Waals surface area (Å²) in [4.78, 5) is 12.6. The maximum absolute atomic E-state index is 12.6. The Kier molecular flexibility index (Phi) is 6.05. The third kappa shape index (κ3) is 4.51. The average Bonchev–Trinajstić information content (AvgIpc) is 2.72. The fourth-order valence-electron chi connectivity index (χ4n) is 3.04. The molecule has 0 aliphatic carbocycles. The fraction of sp³-hybridized carbons (Fsp3) is 0.174. The first kappa shape index (κ1) is 17.7. The van der Waals surface area contributed by atoms with Gasteiger partial charge in [-0.3, -0.25) is 4.79 Å². The molecule has 0 saturated heterocycles. The predicted octanol–water partition coefficient (Wildman–Crippen LogP) is 4.57. The monoisotopic (exact) mass is 344 g/mol. The van der Waals surface area contributed by atoms with Crippen LogP contribution < -0.4 is 10.6 Å². The van der Waals surface area contributed by atoms with Crippen LogP contribution in [0.15, 0.2) is 84.9 Å². The molecule has 1 amide bonds. The smallest absolute Gasteiger partial charge is 0.240 e. The molecule has 132 valence electrons. The second kappa shape index (κ2) is 8.86. The van der Waals surface area contributed by atoms with Crippen molar-refractivity contribution in [2.75, 3.05) is 11.9 Å². The predicted molar refractivity (Wildman–Crippen MR) is 107 cm³/mol. The first-order valence-corrected chi connectivity index (χ1v) is 8.99. The summed E-state index contributed by atoms with van der Waals surface area (Å²) in [7, 11) is 0. The van der Waals surface area contributed by atoms with Crippen LogP contribution >= 0.6 is 0 Å². The van der Waals surface area contributed by atoms with Gasteiger partial charge < -0.3 is 10.6 Å². The number of hydrogen-bond donors (Lipinski definition) is 2. The summed E-state index contributed by atoms with van der Waals surface area (Å²) < 4.78 is 0. The molecule has 0 aliphatic rings. The van der Waals surface area contributed by atoms with Crippen LogP contribution in [0.2, 0.25) is 0 Å². The zero-order valence-corrected chi connectivity index (χ0v) is 15.0. The first-order valence-electron chi connectivity index (χ1n) is 8.99. The van der Waals surface area contributed by atoms with Gasteiger partial charge in [-0.1, -0.05) is 85.8 Å². The number of carbonyl (C=O) groups excluding carboxylic acids is 1. The minimum atomic E-state index is -0.159. The lowest BCUT2D eigenvalue weighted by Gasteiger charge is -2.20. The van der Waals surface area contributed by atoms with Gasteiger partial charge in [-0.05, 0) is 29.2 Å². The average molecular weight is 344 g/mol. The lowest BCUT2D eigenvalue weighted by molar-refractivity contribution is -0.119. The van der Waals surface area contributed by atoms with Crippen LogP contribution in [-0.2, 0) is 11.2 Å². The summed E-state index contributed by atoms with van der Waals surface area (Å²) in [6, 6.07) is 28.0. The maximum atomic E-state index is 12.6. The van der Waals surface area contributed by atoms with E-state index in [-0.39, 0.29) is 18.5 Å². The third-order valence-electron chi connectivity index (χ3n) is 4.41. The Hall–Kier alpha value is -3.07. The van der Waals surface area contributed by atoms with Gasteiger partial charge in [0.25, 0.3) is 0 Å². The number of hydrogen-bond acceptors (Lipinski definition) is 2. The van der Waals surface area contributed by atoms with E-state index < -0.39 is 0 Å². The zero-order valence-electron chi connectivity index (χ0n) is 15.0. The maximum Gasteiger partial charge on any atom is 0.240 e. The Bertz CT molecular complexity index is 792. The largest absolute Gasteiger partial charge is 0.376 e. The van der Waals surface area contributed by atoms with Crippen molar-refractivity contribution < 1.29 is 4.79 Å². The van der Waals surface area contributed by atoms with Crippen LogP contribution in [0.25, 0.3) is 0 Å². The second-order valence-electron chi connectivity index (χ2n) is 6.19. The minimum Gasteiger partial charge on any atom is -0.376 e. The topological polar surface area (TPSA) is 41.1 Å². The SMILES string of the molecule is CCc1ccccc1NCC(=O)NC(c1ccccc1)c1ccccc1. The first-order chi connectivity index (χ1) is 12.8. The summed E-state index contributed by atoms with van der Waals surface area (Å²) in [6.07, 6.45) is 0.932. The zero-order chi connectivity index (χ0) is 18.2. The number of amides is 1. The van der Waals surface area contributed by atoms with Crippen LogP contribution in [0.3, 0.4) is 0 Å². The molecule has 26 heavy (non-hydrogen) atoms. The molecule has 3 nitrogen and oxygen atoms in total. The summed E-state index contributed by atoms with van der Waals surface area (Å²) in [5.74, 6) is -0.0337. The molecular formula is C23H24N2O.